The lowest BCUT2D eigenvalue weighted by atomic mass is 9.94. The number of Topliss-reactive ketones (excluding diaryl/α,β-unsaturated/α-hetero) is 8. The highest BCUT2D eigenvalue weighted by molar-refractivity contribution is 8.00. The molecule has 0 bridgehead atoms. The monoisotopic (exact) mass is 1570 g/mol. The standard InChI is InChI=1S/C15H17NO4.2C14H17NO4.C12H14N2O3.C12H15NO5S.C12H15NO3S/c16-12(15(19)20)8-9-4-6-10(7-5-9)14(18)11-2-1-3-13(11)17;1-8(2)12(16)13(17)10-5-3-9(4-6-10)7-11(15)14(18)19;1-2-11(16)8-13(17)10-5-3-9(4-6-10)7-12(15)14(18)19;1-8(15)14-7-10-4-2-9(3-5-10)6-11(13)12(16)17;1-8(14)7-19(17,18)10-4-2-9(3-5-10)6-11(13)12(15)16;1-8(14)7-17-10-4-2-9(3-5-10)6-11(13)12(15)16/h4-7,11-12H,1-3,8,16H2,(H,19,20);3-6,8,11H,7,15H2,1-2H3,(H,18,19);3-6,12H,2,7-8,15H2,1H3,(H,18,19);2-5,7,11H,6,13H2,1H3,(H,16,17);2-5,11H,6-7,13H2,1H3,(H,15,16);2-5,11H,6-7,13H2,1H3,(H,15,16)/t11?,12-;11-;12-;;2*11-/m000.00/s1. The van der Waals surface area contributed by atoms with Crippen molar-refractivity contribution in [3.63, 3.8) is 0 Å². The van der Waals surface area contributed by atoms with Gasteiger partial charge in [-0.05, 0) is 96.3 Å². The predicted octanol–water partition coefficient (Wildman–Crippen LogP) is -4.89. The topological polar surface area (TPSA) is 602 Å². The van der Waals surface area contributed by atoms with Crippen LogP contribution in [0.25, 0.3) is 0 Å². The molecule has 0 radical (unpaired) electrons. The van der Waals surface area contributed by atoms with Gasteiger partial charge in [-0.15, -0.1) is 11.8 Å². The first-order valence-corrected chi connectivity index (χ1v) is 37.4. The molecule has 1 saturated carbocycles. The van der Waals surface area contributed by atoms with Crippen molar-refractivity contribution >= 4 is 116 Å². The van der Waals surface area contributed by atoms with Crippen molar-refractivity contribution in [1.82, 2.24) is 0 Å². The van der Waals surface area contributed by atoms with Gasteiger partial charge >= 0.3 is 5.97 Å². The fourth-order valence-electron chi connectivity index (χ4n) is 9.70. The number of thioether (sulfide) groups is 1. The van der Waals surface area contributed by atoms with E-state index in [1.165, 1.54) is 68.2 Å². The van der Waals surface area contributed by atoms with Crippen molar-refractivity contribution in [2.45, 2.75) is 158 Å². The minimum atomic E-state index is -3.61. The van der Waals surface area contributed by atoms with Crippen LogP contribution in [0.1, 0.15) is 144 Å². The summed E-state index contributed by atoms with van der Waals surface area (Å²) in [5.41, 5.74) is 29.5. The molecule has 0 aliphatic heterocycles. The van der Waals surface area contributed by atoms with Crippen LogP contribution in [-0.4, -0.2) is 155 Å². The quantitative estimate of drug-likeness (QED) is 0.00655. The molecule has 0 spiro atoms. The van der Waals surface area contributed by atoms with Gasteiger partial charge < -0.3 is 89.0 Å². The van der Waals surface area contributed by atoms with Crippen LogP contribution in [-0.2, 0) is 106 Å². The zero-order valence-corrected chi connectivity index (χ0v) is 64.2. The lowest BCUT2D eigenvalue weighted by molar-refractivity contribution is -0.437. The van der Waals surface area contributed by atoms with E-state index in [9.17, 15) is 106 Å². The molecular formula is C79H95N7O23S2. The van der Waals surface area contributed by atoms with Crippen molar-refractivity contribution in [1.29, 1.82) is 0 Å². The summed E-state index contributed by atoms with van der Waals surface area (Å²) in [5, 5.41) is 61.5. The SMILES string of the molecule is CC(=O)CS(=O)(=O)c1ccc(C[C@H]([NH3+])C(=O)[O-])cc1.CC(=O)CSc1ccc(C[C@H]([NH3+])C(=O)[O-])cc1.CC(=O)N=Cc1ccc(CC(N)C(=O)O)cc1.CC(C)C(=O)C(=O)c1ccc(C[C@H]([NH3+])C(=O)[O-])cc1.CCC(=O)CC(=O)c1ccc(C[C@H]([NH3+])C(=O)[O-])cc1.[NH3+][C@@H](Cc1ccc(C(=O)C2CCCC2=O)cc1)C(=O)[O-]. The Balaban J connectivity index is 0.000000452. The number of rotatable bonds is 34. The van der Waals surface area contributed by atoms with E-state index in [0.29, 0.717) is 53.7 Å². The molecule has 111 heavy (non-hydrogen) atoms. The lowest BCUT2D eigenvalue weighted by Crippen LogP contribution is -2.69. The van der Waals surface area contributed by atoms with Gasteiger partial charge in [0.2, 0.25) is 17.5 Å². The van der Waals surface area contributed by atoms with E-state index >= 15 is 0 Å². The fourth-order valence-corrected chi connectivity index (χ4v) is 11.7. The first-order chi connectivity index (χ1) is 51.9. The molecule has 1 fully saturated rings. The number of carboxylic acid groups (broad SMARTS) is 6. The number of benzene rings is 6. The van der Waals surface area contributed by atoms with Gasteiger partial charge in [0.15, 0.2) is 21.4 Å². The van der Waals surface area contributed by atoms with Gasteiger partial charge in [0.1, 0.15) is 65.1 Å². The lowest BCUT2D eigenvalue weighted by Gasteiger charge is -2.10. The summed E-state index contributed by atoms with van der Waals surface area (Å²) in [6.45, 7) is 9.18. The van der Waals surface area contributed by atoms with Crippen LogP contribution < -0.4 is 59.9 Å². The molecule has 1 aliphatic carbocycles. The second-order valence-corrected chi connectivity index (χ2v) is 29.3. The minimum absolute atomic E-state index is 0.0221. The molecule has 0 aromatic heterocycles. The van der Waals surface area contributed by atoms with Crippen LogP contribution in [0.5, 0.6) is 0 Å². The zero-order chi connectivity index (χ0) is 84.0. The average molecular weight is 1570 g/mol. The van der Waals surface area contributed by atoms with E-state index in [1.54, 1.807) is 113 Å². The van der Waals surface area contributed by atoms with E-state index in [0.717, 1.165) is 44.7 Å². The second-order valence-electron chi connectivity index (χ2n) is 26.2. The van der Waals surface area contributed by atoms with Gasteiger partial charge in [0.25, 0.3) is 0 Å². The summed E-state index contributed by atoms with van der Waals surface area (Å²) < 4.78 is 23.5. The number of amides is 1. The summed E-state index contributed by atoms with van der Waals surface area (Å²) in [7, 11) is -3.61. The first-order valence-electron chi connectivity index (χ1n) is 34.8. The molecule has 6 aromatic carbocycles. The number of ketones is 8. The molecule has 6 aromatic rings. The van der Waals surface area contributed by atoms with Crippen LogP contribution in [0.4, 0.5) is 0 Å². The number of carbonyl (C=O) groups is 15. The summed E-state index contributed by atoms with van der Waals surface area (Å²) in [4.78, 5) is 170. The molecule has 1 amide bonds. The highest BCUT2D eigenvalue weighted by Crippen LogP contribution is 2.26. The molecule has 32 heteroatoms. The third-order valence-electron chi connectivity index (χ3n) is 16.1. The number of aliphatic carboxylic acids is 6. The number of nitrogens with zero attached hydrogens (tertiary/aromatic N) is 1. The van der Waals surface area contributed by atoms with Crippen molar-refractivity contribution in [2.24, 2.45) is 22.6 Å². The Hall–Kier alpha value is -11.1. The van der Waals surface area contributed by atoms with Crippen LogP contribution in [0.2, 0.25) is 0 Å². The summed E-state index contributed by atoms with van der Waals surface area (Å²) in [6.07, 6.45) is 5.17. The van der Waals surface area contributed by atoms with Gasteiger partial charge in [-0.2, -0.15) is 0 Å². The van der Waals surface area contributed by atoms with Crippen LogP contribution in [0.15, 0.2) is 160 Å². The molecule has 596 valence electrons. The first kappa shape index (κ1) is 96.0. The number of nitrogens with two attached hydrogens (primary N) is 1. The highest BCUT2D eigenvalue weighted by Gasteiger charge is 2.32. The van der Waals surface area contributed by atoms with E-state index in [-0.39, 0.29) is 84.2 Å². The van der Waals surface area contributed by atoms with E-state index < -0.39 is 111 Å². The Morgan fingerprint density at radius 1 is 0.532 bits per heavy atom. The zero-order valence-electron chi connectivity index (χ0n) is 62.6. The molecule has 0 saturated heterocycles. The maximum atomic E-state index is 12.2. The summed E-state index contributed by atoms with van der Waals surface area (Å²) in [5.74, 6) is -9.88. The van der Waals surface area contributed by atoms with Gasteiger partial charge in [-0.1, -0.05) is 142 Å². The van der Waals surface area contributed by atoms with Crippen LogP contribution in [0.3, 0.4) is 0 Å². The predicted molar refractivity (Wildman–Crippen MR) is 392 cm³/mol. The fraction of sp³-hybridized carbons (Fsp3) is 0.342. The van der Waals surface area contributed by atoms with Crippen molar-refractivity contribution in [3.05, 3.63) is 201 Å². The largest absolute Gasteiger partial charge is 0.544 e. The summed E-state index contributed by atoms with van der Waals surface area (Å²) >= 11 is 1.47. The van der Waals surface area contributed by atoms with Gasteiger partial charge in [-0.25, -0.2) is 13.4 Å². The molecule has 30 nitrogen and oxygen atoms in total. The van der Waals surface area contributed by atoms with Gasteiger partial charge in [-0.3, -0.25) is 47.9 Å². The van der Waals surface area contributed by atoms with E-state index in [1.807, 2.05) is 24.3 Å². The molecule has 7 atom stereocenters. The molecule has 1 aliphatic rings. The molecule has 2 unspecified atom stereocenters. The Bertz CT molecular complexity index is 4360. The number of quaternary nitrogens is 5. The molecule has 18 N–H and O–H groups in total. The van der Waals surface area contributed by atoms with E-state index in [4.69, 9.17) is 10.8 Å². The number of carboxylic acids is 6. The number of hydrogen-bond donors (Lipinski definition) is 7. The van der Waals surface area contributed by atoms with Gasteiger partial charge in [0, 0.05) is 85.6 Å². The summed E-state index contributed by atoms with van der Waals surface area (Å²) in [6, 6.07) is 34.8. The van der Waals surface area contributed by atoms with Crippen LogP contribution in [0, 0.1) is 11.8 Å². The highest BCUT2D eigenvalue weighted by atomic mass is 32.2. The van der Waals surface area contributed by atoms with Crippen molar-refractivity contribution in [3.8, 4) is 0 Å². The number of sulfone groups is 1. The van der Waals surface area contributed by atoms with Crippen molar-refractivity contribution < 1.29 is 140 Å². The molecule has 7 rings (SSSR count). The Morgan fingerprint density at radius 3 is 1.23 bits per heavy atom. The van der Waals surface area contributed by atoms with Crippen LogP contribution >= 0.6 is 11.8 Å². The molecule has 0 heterocycles. The smallest absolute Gasteiger partial charge is 0.320 e. The maximum absolute atomic E-state index is 12.2. The van der Waals surface area contributed by atoms with Crippen molar-refractivity contribution in [2.75, 3.05) is 11.5 Å². The second kappa shape index (κ2) is 48.4. The Kier molecular flexibility index (Phi) is 41.9. The Labute approximate surface area is 645 Å². The molecular weight excluding hydrogens is 1480 g/mol. The third kappa shape index (κ3) is 37.2. The normalized spacial score (nSPS) is 13.7. The number of hydrogen-bond acceptors (Lipinski definition) is 24. The third-order valence-corrected chi connectivity index (χ3v) is 19.1. The van der Waals surface area contributed by atoms with E-state index in [2.05, 4.69) is 33.7 Å². The van der Waals surface area contributed by atoms with Gasteiger partial charge in [0.05, 0.1) is 52.8 Å². The Morgan fingerprint density at radius 2 is 0.892 bits per heavy atom. The average Bonchev–Trinajstić information content (AvgIpc) is 1.40. The minimum Gasteiger partial charge on any atom is -0.544 e. The number of aliphatic imine (C=N–C) groups is 1. The number of carbonyl (C=O) groups excluding carboxylic acids is 14. The maximum Gasteiger partial charge on any atom is 0.320 e.